The summed E-state index contributed by atoms with van der Waals surface area (Å²) in [6.45, 7) is 2.08. The van der Waals surface area contributed by atoms with Crippen molar-refractivity contribution in [3.8, 4) is 0 Å². The molecule has 0 saturated heterocycles. The largest absolute Gasteiger partial charge is 0.324 e. The molecule has 0 aliphatic heterocycles. The van der Waals surface area contributed by atoms with E-state index >= 15 is 0 Å². The maximum Gasteiger partial charge on any atom is 0.0456 e. The van der Waals surface area contributed by atoms with Crippen LogP contribution in [0.2, 0.25) is 5.02 Å². The average Bonchev–Trinajstić information content (AvgIpc) is 2.00. The number of benzene rings is 1. The molecule has 84 valence electrons. The molecule has 0 spiro atoms. The zero-order valence-corrected chi connectivity index (χ0v) is 10.4. The highest BCUT2D eigenvalue weighted by Gasteiger charge is 2.27. The molecule has 2 rings (SSSR count). The number of hydrogen-bond acceptors (Lipinski definition) is 1. The van der Waals surface area contributed by atoms with Crippen LogP contribution >= 0.6 is 24.0 Å². The van der Waals surface area contributed by atoms with Gasteiger partial charge in [-0.25, -0.2) is 0 Å². The molecule has 2 N–H and O–H groups in total. The summed E-state index contributed by atoms with van der Waals surface area (Å²) < 4.78 is 0. The van der Waals surface area contributed by atoms with Gasteiger partial charge in [0.2, 0.25) is 0 Å². The second-order valence-electron chi connectivity index (χ2n) is 4.19. The van der Waals surface area contributed by atoms with E-state index in [1.165, 1.54) is 24.8 Å². The zero-order chi connectivity index (χ0) is 10.1. The number of nitrogens with two attached hydrogens (primary N) is 1. The van der Waals surface area contributed by atoms with Crippen molar-refractivity contribution in [1.82, 2.24) is 0 Å². The Bertz CT molecular complexity index is 314. The molecule has 1 aliphatic rings. The number of halogens is 2. The van der Waals surface area contributed by atoms with Crippen molar-refractivity contribution in [3.05, 3.63) is 34.3 Å². The van der Waals surface area contributed by atoms with Crippen LogP contribution in [0.25, 0.3) is 0 Å². The van der Waals surface area contributed by atoms with Crippen LogP contribution in [0.5, 0.6) is 0 Å². The molecule has 0 radical (unpaired) electrons. The summed E-state index contributed by atoms with van der Waals surface area (Å²) in [6, 6.07) is 6.13. The highest BCUT2D eigenvalue weighted by Crippen LogP contribution is 2.39. The normalized spacial score (nSPS) is 17.8. The lowest BCUT2D eigenvalue weighted by atomic mass is 9.77. The van der Waals surface area contributed by atoms with Crippen molar-refractivity contribution < 1.29 is 0 Å². The van der Waals surface area contributed by atoms with Crippen molar-refractivity contribution in [2.75, 3.05) is 0 Å². The van der Waals surface area contributed by atoms with Crippen LogP contribution in [-0.2, 0) is 0 Å². The minimum atomic E-state index is 0. The van der Waals surface area contributed by atoms with E-state index in [1.54, 1.807) is 0 Å². The van der Waals surface area contributed by atoms with Gasteiger partial charge in [0.05, 0.1) is 0 Å². The van der Waals surface area contributed by atoms with Crippen LogP contribution in [0, 0.1) is 12.8 Å². The summed E-state index contributed by atoms with van der Waals surface area (Å²) in [5, 5.41) is 0.824. The Kier molecular flexibility index (Phi) is 4.45. The molecular weight excluding hydrogens is 229 g/mol. The summed E-state index contributed by atoms with van der Waals surface area (Å²) >= 11 is 6.17. The molecule has 0 heterocycles. The molecule has 1 nitrogen and oxygen atoms in total. The van der Waals surface area contributed by atoms with Crippen LogP contribution in [0.15, 0.2) is 18.2 Å². The Labute approximate surface area is 102 Å². The zero-order valence-electron chi connectivity index (χ0n) is 8.87. The van der Waals surface area contributed by atoms with Crippen LogP contribution < -0.4 is 5.73 Å². The van der Waals surface area contributed by atoms with Crippen LogP contribution in [-0.4, -0.2) is 0 Å². The summed E-state index contributed by atoms with van der Waals surface area (Å²) in [6.07, 6.45) is 3.83. The fraction of sp³-hybridized carbons (Fsp3) is 0.500. The maximum absolute atomic E-state index is 6.22. The smallest absolute Gasteiger partial charge is 0.0456 e. The van der Waals surface area contributed by atoms with E-state index in [4.69, 9.17) is 17.3 Å². The first-order chi connectivity index (χ1) is 6.70. The van der Waals surface area contributed by atoms with E-state index < -0.39 is 0 Å². The molecule has 0 unspecified atom stereocenters. The molecule has 1 atom stereocenters. The first kappa shape index (κ1) is 12.8. The van der Waals surface area contributed by atoms with Gasteiger partial charge in [0.15, 0.2) is 0 Å². The van der Waals surface area contributed by atoms with Gasteiger partial charge in [0, 0.05) is 11.1 Å². The number of rotatable bonds is 2. The Hall–Kier alpha value is -0.240. The molecule has 1 aromatic rings. The highest BCUT2D eigenvalue weighted by molar-refractivity contribution is 6.31. The first-order valence-electron chi connectivity index (χ1n) is 5.20. The molecule has 15 heavy (non-hydrogen) atoms. The summed E-state index contributed by atoms with van der Waals surface area (Å²) in [5.74, 6) is 0.647. The lowest BCUT2D eigenvalue weighted by molar-refractivity contribution is 0.264. The third-order valence-electron chi connectivity index (χ3n) is 3.26. The fourth-order valence-electron chi connectivity index (χ4n) is 2.10. The average molecular weight is 246 g/mol. The molecule has 0 bridgehead atoms. The van der Waals surface area contributed by atoms with Gasteiger partial charge in [-0.15, -0.1) is 12.4 Å². The van der Waals surface area contributed by atoms with Gasteiger partial charge in [-0.2, -0.15) is 0 Å². The number of aryl methyl sites for hydroxylation is 1. The Morgan fingerprint density at radius 3 is 2.53 bits per heavy atom. The van der Waals surface area contributed by atoms with Gasteiger partial charge in [-0.05, 0) is 42.9 Å². The Balaban J connectivity index is 0.00000112. The van der Waals surface area contributed by atoms with E-state index in [2.05, 4.69) is 13.0 Å². The van der Waals surface area contributed by atoms with Crippen molar-refractivity contribution in [1.29, 1.82) is 0 Å². The first-order valence-corrected chi connectivity index (χ1v) is 5.58. The van der Waals surface area contributed by atoms with Crippen molar-refractivity contribution >= 4 is 24.0 Å². The van der Waals surface area contributed by atoms with Crippen molar-refractivity contribution in [2.24, 2.45) is 11.7 Å². The third kappa shape index (κ3) is 2.47. The van der Waals surface area contributed by atoms with Crippen LogP contribution in [0.1, 0.15) is 36.4 Å². The van der Waals surface area contributed by atoms with Gasteiger partial charge >= 0.3 is 0 Å². The summed E-state index contributed by atoms with van der Waals surface area (Å²) in [7, 11) is 0. The second kappa shape index (κ2) is 5.20. The van der Waals surface area contributed by atoms with Crippen LogP contribution in [0.3, 0.4) is 0 Å². The standard InChI is InChI=1S/C12H16ClN.ClH/c1-8-4-2-7-10(13)11(8)12(14)9-5-3-6-9;/h2,4,7,9,12H,3,5-6,14H2,1H3;1H/t12-;/m0./s1. The maximum atomic E-state index is 6.22. The van der Waals surface area contributed by atoms with E-state index in [9.17, 15) is 0 Å². The van der Waals surface area contributed by atoms with E-state index in [1.807, 2.05) is 12.1 Å². The third-order valence-corrected chi connectivity index (χ3v) is 3.59. The highest BCUT2D eigenvalue weighted by atomic mass is 35.5. The predicted molar refractivity (Wildman–Crippen MR) is 67.7 cm³/mol. The minimum absolute atomic E-state index is 0. The molecule has 0 aromatic heterocycles. The quantitative estimate of drug-likeness (QED) is 0.842. The van der Waals surface area contributed by atoms with Gasteiger partial charge in [-0.1, -0.05) is 30.2 Å². The lowest BCUT2D eigenvalue weighted by Crippen LogP contribution is -2.27. The SMILES string of the molecule is Cc1cccc(Cl)c1[C@@H](N)C1CCC1.Cl. The van der Waals surface area contributed by atoms with Gasteiger partial charge in [0.25, 0.3) is 0 Å². The summed E-state index contributed by atoms with van der Waals surface area (Å²) in [5.41, 5.74) is 8.59. The van der Waals surface area contributed by atoms with Crippen molar-refractivity contribution in [3.63, 3.8) is 0 Å². The monoisotopic (exact) mass is 245 g/mol. The number of hydrogen-bond donors (Lipinski definition) is 1. The van der Waals surface area contributed by atoms with E-state index in [-0.39, 0.29) is 18.4 Å². The predicted octanol–water partition coefficient (Wildman–Crippen LogP) is 3.87. The van der Waals surface area contributed by atoms with Gasteiger partial charge in [0.1, 0.15) is 0 Å². The molecule has 1 saturated carbocycles. The molecule has 1 aliphatic carbocycles. The fourth-order valence-corrected chi connectivity index (χ4v) is 2.45. The van der Waals surface area contributed by atoms with Crippen molar-refractivity contribution in [2.45, 2.75) is 32.2 Å². The Morgan fingerprint density at radius 1 is 1.40 bits per heavy atom. The molecular formula is C12H17Cl2N. The van der Waals surface area contributed by atoms with Gasteiger partial charge in [-0.3, -0.25) is 0 Å². The van der Waals surface area contributed by atoms with E-state index in [0.29, 0.717) is 5.92 Å². The Morgan fingerprint density at radius 2 is 2.07 bits per heavy atom. The minimum Gasteiger partial charge on any atom is -0.324 e. The molecule has 1 fully saturated rings. The molecule has 0 amide bonds. The topological polar surface area (TPSA) is 26.0 Å². The second-order valence-corrected chi connectivity index (χ2v) is 4.59. The molecule has 3 heteroatoms. The van der Waals surface area contributed by atoms with Crippen LogP contribution in [0.4, 0.5) is 0 Å². The lowest BCUT2D eigenvalue weighted by Gasteiger charge is -2.32. The molecule has 1 aromatic carbocycles. The van der Waals surface area contributed by atoms with Gasteiger partial charge < -0.3 is 5.73 Å². The van der Waals surface area contributed by atoms with E-state index in [0.717, 1.165) is 10.6 Å². The summed E-state index contributed by atoms with van der Waals surface area (Å²) in [4.78, 5) is 0.